The molecule has 5 heteroatoms. The lowest BCUT2D eigenvalue weighted by molar-refractivity contribution is -0.201. The van der Waals surface area contributed by atoms with Crippen LogP contribution in [0.4, 0.5) is 5.13 Å². The zero-order chi connectivity index (χ0) is 10.9. The van der Waals surface area contributed by atoms with E-state index in [1.165, 1.54) is 4.88 Å². The van der Waals surface area contributed by atoms with Crippen molar-refractivity contribution in [1.29, 1.82) is 0 Å². The molecule has 1 saturated carbocycles. The number of anilines is 1. The molecular weight excluding hydrogens is 212 g/mol. The summed E-state index contributed by atoms with van der Waals surface area (Å²) in [4.78, 5) is 5.31. The van der Waals surface area contributed by atoms with Gasteiger partial charge in [-0.25, -0.2) is 4.98 Å². The Kier molecular flexibility index (Phi) is 2.95. The summed E-state index contributed by atoms with van der Waals surface area (Å²) in [6.07, 6.45) is 4.76. The lowest BCUT2D eigenvalue weighted by atomic mass is 10.1. The third-order valence-corrected chi connectivity index (χ3v) is 4.11. The number of ether oxygens (including phenoxy) is 2. The summed E-state index contributed by atoms with van der Waals surface area (Å²) in [6.45, 7) is 0. The maximum absolute atomic E-state index is 5.62. The van der Waals surface area contributed by atoms with Gasteiger partial charge in [0.15, 0.2) is 10.9 Å². The van der Waals surface area contributed by atoms with Crippen molar-refractivity contribution < 1.29 is 9.47 Å². The highest BCUT2D eigenvalue weighted by molar-refractivity contribution is 7.15. The Hall–Kier alpha value is -0.650. The fraction of sp³-hybridized carbons (Fsp3) is 0.700. The molecule has 84 valence electrons. The van der Waals surface area contributed by atoms with E-state index in [0.29, 0.717) is 11.0 Å². The molecular formula is C10H16N2O2S. The van der Waals surface area contributed by atoms with Crippen LogP contribution in [0.1, 0.15) is 30.1 Å². The molecule has 4 nitrogen and oxygen atoms in total. The molecule has 0 aromatic carbocycles. The van der Waals surface area contributed by atoms with Crippen LogP contribution in [0.3, 0.4) is 0 Å². The van der Waals surface area contributed by atoms with E-state index in [0.717, 1.165) is 19.3 Å². The van der Waals surface area contributed by atoms with E-state index in [1.54, 1.807) is 25.6 Å². The molecule has 1 aromatic rings. The van der Waals surface area contributed by atoms with Gasteiger partial charge in [0.2, 0.25) is 0 Å². The Morgan fingerprint density at radius 2 is 2.27 bits per heavy atom. The van der Waals surface area contributed by atoms with Gasteiger partial charge in [-0.05, 0) is 6.42 Å². The second-order valence-electron chi connectivity index (χ2n) is 3.86. The van der Waals surface area contributed by atoms with Crippen LogP contribution >= 0.6 is 11.3 Å². The molecule has 1 aromatic heterocycles. The van der Waals surface area contributed by atoms with Crippen molar-refractivity contribution in [3.8, 4) is 0 Å². The molecule has 2 rings (SSSR count). The number of aromatic nitrogens is 1. The van der Waals surface area contributed by atoms with Crippen LogP contribution in [0.15, 0.2) is 6.20 Å². The van der Waals surface area contributed by atoms with Gasteiger partial charge >= 0.3 is 0 Å². The molecule has 1 atom stereocenters. The number of nitrogens with two attached hydrogens (primary N) is 1. The Labute approximate surface area is 93.4 Å². The van der Waals surface area contributed by atoms with Crippen LogP contribution < -0.4 is 5.73 Å². The van der Waals surface area contributed by atoms with Crippen molar-refractivity contribution in [2.45, 2.75) is 31.0 Å². The summed E-state index contributed by atoms with van der Waals surface area (Å²) >= 11 is 1.56. The summed E-state index contributed by atoms with van der Waals surface area (Å²) in [5.41, 5.74) is 5.62. The molecule has 1 unspecified atom stereocenters. The van der Waals surface area contributed by atoms with Crippen molar-refractivity contribution in [2.24, 2.45) is 0 Å². The fourth-order valence-corrected chi connectivity index (χ4v) is 2.98. The number of rotatable bonds is 3. The summed E-state index contributed by atoms with van der Waals surface area (Å²) < 4.78 is 10.9. The van der Waals surface area contributed by atoms with Crippen LogP contribution in [0.25, 0.3) is 0 Å². The van der Waals surface area contributed by atoms with Gasteiger partial charge in [-0.15, -0.1) is 11.3 Å². The number of nitrogen functional groups attached to an aromatic ring is 1. The minimum Gasteiger partial charge on any atom is -0.375 e. The number of hydrogen-bond acceptors (Lipinski definition) is 5. The predicted molar refractivity (Wildman–Crippen MR) is 59.9 cm³/mol. The molecule has 1 aliphatic carbocycles. The van der Waals surface area contributed by atoms with E-state index in [9.17, 15) is 0 Å². The number of nitrogens with zero attached hydrogens (tertiary/aromatic N) is 1. The third-order valence-electron chi connectivity index (χ3n) is 3.12. The number of methoxy groups -OCH3 is 2. The zero-order valence-corrected chi connectivity index (χ0v) is 9.84. The van der Waals surface area contributed by atoms with Crippen LogP contribution in [0, 0.1) is 0 Å². The predicted octanol–water partition coefficient (Wildman–Crippen LogP) is 1.98. The minimum atomic E-state index is -0.399. The topological polar surface area (TPSA) is 57.4 Å². The first-order valence-corrected chi connectivity index (χ1v) is 5.82. The van der Waals surface area contributed by atoms with E-state index < -0.39 is 5.79 Å². The molecule has 0 bridgehead atoms. The van der Waals surface area contributed by atoms with Gasteiger partial charge in [0.05, 0.1) is 0 Å². The normalized spacial score (nSPS) is 24.5. The SMILES string of the molecule is COC1(OC)CCC(c2cnc(N)s2)C1. The van der Waals surface area contributed by atoms with Gasteiger partial charge in [-0.2, -0.15) is 0 Å². The monoisotopic (exact) mass is 228 g/mol. The van der Waals surface area contributed by atoms with Gasteiger partial charge < -0.3 is 15.2 Å². The first-order valence-electron chi connectivity index (χ1n) is 5.00. The van der Waals surface area contributed by atoms with Crippen LogP contribution in [-0.2, 0) is 9.47 Å². The first-order chi connectivity index (χ1) is 7.19. The third kappa shape index (κ3) is 2.00. The zero-order valence-electron chi connectivity index (χ0n) is 9.03. The molecule has 1 heterocycles. The molecule has 0 radical (unpaired) electrons. The quantitative estimate of drug-likeness (QED) is 0.804. The molecule has 1 aliphatic rings. The summed E-state index contributed by atoms with van der Waals surface area (Å²) in [6, 6.07) is 0. The largest absolute Gasteiger partial charge is 0.375 e. The summed E-state index contributed by atoms with van der Waals surface area (Å²) in [5.74, 6) is 0.0726. The van der Waals surface area contributed by atoms with Crippen molar-refractivity contribution in [3.05, 3.63) is 11.1 Å². The average Bonchev–Trinajstić information content (AvgIpc) is 2.84. The van der Waals surface area contributed by atoms with Crippen LogP contribution in [0.2, 0.25) is 0 Å². The van der Waals surface area contributed by atoms with Crippen LogP contribution in [-0.4, -0.2) is 25.0 Å². The smallest absolute Gasteiger partial charge is 0.180 e. The van der Waals surface area contributed by atoms with Gasteiger partial charge in [0, 0.05) is 44.1 Å². The average molecular weight is 228 g/mol. The van der Waals surface area contributed by atoms with Crippen molar-refractivity contribution >= 4 is 16.5 Å². The van der Waals surface area contributed by atoms with Crippen molar-refractivity contribution in [1.82, 2.24) is 4.98 Å². The molecule has 15 heavy (non-hydrogen) atoms. The molecule has 0 amide bonds. The molecule has 0 saturated heterocycles. The Balaban J connectivity index is 2.09. The highest BCUT2D eigenvalue weighted by atomic mass is 32.1. The van der Waals surface area contributed by atoms with E-state index >= 15 is 0 Å². The van der Waals surface area contributed by atoms with Crippen molar-refractivity contribution in [2.75, 3.05) is 20.0 Å². The second kappa shape index (κ2) is 4.08. The second-order valence-corrected chi connectivity index (χ2v) is 4.95. The lowest BCUT2D eigenvalue weighted by Gasteiger charge is -2.25. The van der Waals surface area contributed by atoms with Crippen molar-refractivity contribution in [3.63, 3.8) is 0 Å². The van der Waals surface area contributed by atoms with E-state index in [1.807, 2.05) is 6.20 Å². The summed E-state index contributed by atoms with van der Waals surface area (Å²) in [5, 5.41) is 0.636. The number of thiazole rings is 1. The van der Waals surface area contributed by atoms with Gasteiger partial charge in [-0.3, -0.25) is 0 Å². The standard InChI is InChI=1S/C10H16N2O2S/c1-13-10(14-2)4-3-7(5-10)8-6-12-9(11)15-8/h6-7H,3-5H2,1-2H3,(H2,11,12). The fourth-order valence-electron chi connectivity index (χ4n) is 2.16. The lowest BCUT2D eigenvalue weighted by Crippen LogP contribution is -2.29. The van der Waals surface area contributed by atoms with E-state index in [-0.39, 0.29) is 0 Å². The Bertz CT molecular complexity index is 336. The van der Waals surface area contributed by atoms with E-state index in [2.05, 4.69) is 4.98 Å². The van der Waals surface area contributed by atoms with Crippen LogP contribution in [0.5, 0.6) is 0 Å². The van der Waals surface area contributed by atoms with Gasteiger partial charge in [0.1, 0.15) is 0 Å². The van der Waals surface area contributed by atoms with Gasteiger partial charge in [0.25, 0.3) is 0 Å². The summed E-state index contributed by atoms with van der Waals surface area (Å²) in [7, 11) is 3.40. The maximum atomic E-state index is 5.62. The highest BCUT2D eigenvalue weighted by Crippen LogP contribution is 2.44. The van der Waals surface area contributed by atoms with Gasteiger partial charge in [-0.1, -0.05) is 0 Å². The van der Waals surface area contributed by atoms with E-state index in [4.69, 9.17) is 15.2 Å². The molecule has 0 spiro atoms. The number of hydrogen-bond donors (Lipinski definition) is 1. The highest BCUT2D eigenvalue weighted by Gasteiger charge is 2.40. The Morgan fingerprint density at radius 1 is 1.53 bits per heavy atom. The molecule has 2 N–H and O–H groups in total. The molecule has 1 fully saturated rings. The minimum absolute atomic E-state index is 0.399. The maximum Gasteiger partial charge on any atom is 0.180 e. The molecule has 0 aliphatic heterocycles. The first kappa shape index (κ1) is 10.9. The Morgan fingerprint density at radius 3 is 2.73 bits per heavy atom.